The first-order chi connectivity index (χ1) is 10.1. The van der Waals surface area contributed by atoms with E-state index in [9.17, 15) is 0 Å². The molecule has 0 spiro atoms. The van der Waals surface area contributed by atoms with Crippen molar-refractivity contribution in [3.8, 4) is 0 Å². The molecule has 2 heteroatoms. The van der Waals surface area contributed by atoms with E-state index in [0.717, 1.165) is 4.47 Å². The Bertz CT molecular complexity index is 806. The van der Waals surface area contributed by atoms with Gasteiger partial charge in [-0.25, -0.2) is 0 Å². The second-order valence-corrected chi connectivity index (χ2v) is 7.16. The third-order valence-electron chi connectivity index (χ3n) is 3.94. The molecule has 0 N–H and O–H groups in total. The van der Waals surface area contributed by atoms with Crippen LogP contribution in [-0.4, -0.2) is 0 Å². The van der Waals surface area contributed by atoms with Crippen molar-refractivity contribution in [1.82, 2.24) is 0 Å². The van der Waals surface area contributed by atoms with E-state index < -0.39 is 0 Å². The van der Waals surface area contributed by atoms with Gasteiger partial charge in [0.25, 0.3) is 0 Å². The van der Waals surface area contributed by atoms with E-state index in [1.165, 1.54) is 33.0 Å². The Hall–Kier alpha value is -1.12. The first-order valence-electron chi connectivity index (χ1n) is 6.96. The topological polar surface area (TPSA) is 0 Å². The van der Waals surface area contributed by atoms with Crippen molar-refractivity contribution in [3.05, 3.63) is 81.3 Å². The summed E-state index contributed by atoms with van der Waals surface area (Å²) in [6.45, 7) is 4.27. The molecule has 0 aliphatic rings. The van der Waals surface area contributed by atoms with Crippen LogP contribution in [0, 0.1) is 13.8 Å². The van der Waals surface area contributed by atoms with Crippen LogP contribution in [0.2, 0.25) is 0 Å². The molecular formula is C19H16Br2. The largest absolute Gasteiger partial charge is 0.0786 e. The van der Waals surface area contributed by atoms with Crippen LogP contribution < -0.4 is 0 Å². The van der Waals surface area contributed by atoms with Crippen molar-refractivity contribution in [1.29, 1.82) is 0 Å². The normalized spacial score (nSPS) is 12.6. The van der Waals surface area contributed by atoms with E-state index in [-0.39, 0.29) is 4.83 Å². The highest BCUT2D eigenvalue weighted by atomic mass is 79.9. The van der Waals surface area contributed by atoms with Crippen molar-refractivity contribution < 1.29 is 0 Å². The fraction of sp³-hybridized carbons (Fsp3) is 0.158. The summed E-state index contributed by atoms with van der Waals surface area (Å²) in [5.74, 6) is 0. The fourth-order valence-corrected chi connectivity index (χ4v) is 3.72. The molecule has 0 heterocycles. The maximum Gasteiger partial charge on any atom is 0.0651 e. The molecule has 0 aliphatic carbocycles. The molecule has 0 fully saturated rings. The van der Waals surface area contributed by atoms with Crippen molar-refractivity contribution in [3.63, 3.8) is 0 Å². The van der Waals surface area contributed by atoms with Gasteiger partial charge in [0.15, 0.2) is 0 Å². The van der Waals surface area contributed by atoms with Gasteiger partial charge in [-0.2, -0.15) is 0 Å². The quantitative estimate of drug-likeness (QED) is 0.417. The third kappa shape index (κ3) is 2.79. The standard InChI is InChI=1S/C19H16Br2/c1-12-8-10-17(16-6-4-3-5-15(12)16)19(21)14-9-7-13(2)18(20)11-14/h3-11,19H,1-2H3. The maximum absolute atomic E-state index is 3.88. The highest BCUT2D eigenvalue weighted by Crippen LogP contribution is 2.37. The van der Waals surface area contributed by atoms with Crippen LogP contribution in [0.25, 0.3) is 10.8 Å². The Kier molecular flexibility index (Phi) is 4.19. The van der Waals surface area contributed by atoms with E-state index >= 15 is 0 Å². The highest BCUT2D eigenvalue weighted by molar-refractivity contribution is 9.10. The minimum atomic E-state index is 0.194. The predicted molar refractivity (Wildman–Crippen MR) is 98.3 cm³/mol. The predicted octanol–water partition coefficient (Wildman–Crippen LogP) is 6.70. The Balaban J connectivity index is 2.15. The minimum absolute atomic E-state index is 0.194. The lowest BCUT2D eigenvalue weighted by Gasteiger charge is -2.16. The monoisotopic (exact) mass is 402 g/mol. The van der Waals surface area contributed by atoms with Gasteiger partial charge in [0.1, 0.15) is 0 Å². The number of hydrogen-bond acceptors (Lipinski definition) is 0. The fourth-order valence-electron chi connectivity index (χ4n) is 2.64. The van der Waals surface area contributed by atoms with Crippen molar-refractivity contribution in [2.75, 3.05) is 0 Å². The minimum Gasteiger partial charge on any atom is -0.0786 e. The van der Waals surface area contributed by atoms with Gasteiger partial charge in [0, 0.05) is 4.47 Å². The summed E-state index contributed by atoms with van der Waals surface area (Å²) in [4.78, 5) is 0.194. The van der Waals surface area contributed by atoms with Gasteiger partial charge in [0.05, 0.1) is 4.83 Å². The Morgan fingerprint density at radius 1 is 0.810 bits per heavy atom. The molecule has 3 rings (SSSR count). The maximum atomic E-state index is 3.88. The molecule has 0 aliphatic heterocycles. The van der Waals surface area contributed by atoms with Gasteiger partial charge < -0.3 is 0 Å². The summed E-state index contributed by atoms with van der Waals surface area (Å²) in [5, 5.41) is 2.64. The molecule has 1 unspecified atom stereocenters. The van der Waals surface area contributed by atoms with Gasteiger partial charge in [0.2, 0.25) is 0 Å². The van der Waals surface area contributed by atoms with E-state index in [1.54, 1.807) is 0 Å². The molecule has 0 saturated heterocycles. The Morgan fingerprint density at radius 2 is 1.48 bits per heavy atom. The zero-order chi connectivity index (χ0) is 15.0. The first-order valence-corrected chi connectivity index (χ1v) is 8.67. The molecule has 0 aromatic heterocycles. The van der Waals surface area contributed by atoms with Crippen molar-refractivity contribution in [2.24, 2.45) is 0 Å². The molecule has 0 radical (unpaired) electrons. The number of aryl methyl sites for hydroxylation is 2. The molecule has 106 valence electrons. The number of halogens is 2. The molecule has 0 bridgehead atoms. The van der Waals surface area contributed by atoms with Crippen LogP contribution in [-0.2, 0) is 0 Å². The summed E-state index contributed by atoms with van der Waals surface area (Å²) in [6.07, 6.45) is 0. The van der Waals surface area contributed by atoms with Crippen molar-refractivity contribution in [2.45, 2.75) is 18.7 Å². The molecular weight excluding hydrogens is 388 g/mol. The van der Waals surface area contributed by atoms with Crippen molar-refractivity contribution >= 4 is 42.6 Å². The summed E-state index contributed by atoms with van der Waals surface area (Å²) in [6, 6.07) is 19.6. The Morgan fingerprint density at radius 3 is 2.19 bits per heavy atom. The van der Waals surface area contributed by atoms with E-state index in [1.807, 2.05) is 0 Å². The van der Waals surface area contributed by atoms with Gasteiger partial charge in [-0.15, -0.1) is 0 Å². The van der Waals surface area contributed by atoms with Crippen LogP contribution in [0.15, 0.2) is 59.1 Å². The van der Waals surface area contributed by atoms with Crippen LogP contribution in [0.4, 0.5) is 0 Å². The molecule has 3 aromatic rings. The number of hydrogen-bond donors (Lipinski definition) is 0. The number of fused-ring (bicyclic) bond motifs is 1. The van der Waals surface area contributed by atoms with Gasteiger partial charge in [-0.1, -0.05) is 80.4 Å². The second-order valence-electron chi connectivity index (χ2n) is 5.39. The van der Waals surface area contributed by atoms with Crippen LogP contribution >= 0.6 is 31.9 Å². The SMILES string of the molecule is Cc1ccc(C(Br)c2ccc(C)c3ccccc23)cc1Br. The summed E-state index contributed by atoms with van der Waals surface area (Å²) in [5.41, 5.74) is 5.15. The van der Waals surface area contributed by atoms with Crippen LogP contribution in [0.3, 0.4) is 0 Å². The van der Waals surface area contributed by atoms with E-state index in [2.05, 4.69) is 100 Å². The third-order valence-corrected chi connectivity index (χ3v) is 5.81. The molecule has 0 saturated carbocycles. The smallest absolute Gasteiger partial charge is 0.0651 e. The number of alkyl halides is 1. The van der Waals surface area contributed by atoms with Gasteiger partial charge in [-0.3, -0.25) is 0 Å². The average molecular weight is 404 g/mol. The molecule has 0 nitrogen and oxygen atoms in total. The van der Waals surface area contributed by atoms with Crippen LogP contribution in [0.5, 0.6) is 0 Å². The molecule has 21 heavy (non-hydrogen) atoms. The highest BCUT2D eigenvalue weighted by Gasteiger charge is 2.14. The summed E-state index contributed by atoms with van der Waals surface area (Å²) in [7, 11) is 0. The number of rotatable bonds is 2. The second kappa shape index (κ2) is 5.94. The molecule has 3 aromatic carbocycles. The van der Waals surface area contributed by atoms with E-state index in [4.69, 9.17) is 0 Å². The van der Waals surface area contributed by atoms with E-state index in [0.29, 0.717) is 0 Å². The summed E-state index contributed by atoms with van der Waals surface area (Å²) >= 11 is 7.51. The zero-order valence-electron chi connectivity index (χ0n) is 12.0. The average Bonchev–Trinajstić information content (AvgIpc) is 2.50. The lowest BCUT2D eigenvalue weighted by Crippen LogP contribution is -1.96. The number of benzene rings is 3. The zero-order valence-corrected chi connectivity index (χ0v) is 15.2. The summed E-state index contributed by atoms with van der Waals surface area (Å²) < 4.78 is 1.15. The Labute approximate surface area is 142 Å². The molecule has 0 amide bonds. The first kappa shape index (κ1) is 14.8. The van der Waals surface area contributed by atoms with Gasteiger partial charge >= 0.3 is 0 Å². The van der Waals surface area contributed by atoms with Gasteiger partial charge in [-0.05, 0) is 52.9 Å². The molecule has 1 atom stereocenters. The van der Waals surface area contributed by atoms with Crippen LogP contribution in [0.1, 0.15) is 27.1 Å². The lowest BCUT2D eigenvalue weighted by atomic mass is 9.95. The lowest BCUT2D eigenvalue weighted by molar-refractivity contribution is 1.18.